The second kappa shape index (κ2) is 7.49. The first-order chi connectivity index (χ1) is 8.56. The van der Waals surface area contributed by atoms with Gasteiger partial charge in [-0.1, -0.05) is 31.9 Å². The van der Waals surface area contributed by atoms with E-state index in [4.69, 9.17) is 0 Å². The highest BCUT2D eigenvalue weighted by Crippen LogP contribution is 2.19. The van der Waals surface area contributed by atoms with E-state index in [0.717, 1.165) is 18.5 Å². The fraction of sp³-hybridized carbons (Fsp3) is 0.600. The molecule has 2 atom stereocenters. The Morgan fingerprint density at radius 3 is 2.67 bits per heavy atom. The Hall–Kier alpha value is -0.930. The Kier molecular flexibility index (Phi) is 6.30. The van der Waals surface area contributed by atoms with E-state index >= 15 is 0 Å². The van der Waals surface area contributed by atoms with E-state index in [1.165, 1.54) is 18.9 Å². The van der Waals surface area contributed by atoms with Crippen LogP contribution in [0.15, 0.2) is 18.2 Å². The van der Waals surface area contributed by atoms with Gasteiger partial charge >= 0.3 is 0 Å². The first kappa shape index (κ1) is 15.1. The van der Waals surface area contributed by atoms with Crippen LogP contribution >= 0.6 is 0 Å². The third-order valence-electron chi connectivity index (χ3n) is 3.24. The normalized spacial score (nSPS) is 14.5. The summed E-state index contributed by atoms with van der Waals surface area (Å²) in [6.45, 7) is 6.74. The summed E-state index contributed by atoms with van der Waals surface area (Å²) < 4.78 is 13.2. The maximum Gasteiger partial charge on any atom is 0.126 e. The van der Waals surface area contributed by atoms with E-state index in [1.807, 2.05) is 6.92 Å². The van der Waals surface area contributed by atoms with Gasteiger partial charge in [0.2, 0.25) is 0 Å². The van der Waals surface area contributed by atoms with Crippen LogP contribution in [-0.4, -0.2) is 17.7 Å². The number of hydrogen-bond donors (Lipinski definition) is 2. The van der Waals surface area contributed by atoms with Crippen LogP contribution in [0, 0.1) is 12.7 Å². The van der Waals surface area contributed by atoms with Crippen LogP contribution in [0.5, 0.6) is 0 Å². The topological polar surface area (TPSA) is 32.3 Å². The fourth-order valence-corrected chi connectivity index (χ4v) is 1.96. The number of halogens is 1. The van der Waals surface area contributed by atoms with Crippen LogP contribution in [0.2, 0.25) is 0 Å². The third kappa shape index (κ3) is 4.39. The lowest BCUT2D eigenvalue weighted by Crippen LogP contribution is -2.32. The number of rotatable bonds is 7. The predicted molar refractivity (Wildman–Crippen MR) is 73.1 cm³/mol. The first-order valence-corrected chi connectivity index (χ1v) is 6.73. The van der Waals surface area contributed by atoms with Crippen molar-refractivity contribution in [1.29, 1.82) is 0 Å². The summed E-state index contributed by atoms with van der Waals surface area (Å²) >= 11 is 0. The average molecular weight is 253 g/mol. The molecule has 0 heterocycles. The van der Waals surface area contributed by atoms with Gasteiger partial charge in [-0.3, -0.25) is 0 Å². The first-order valence-electron chi connectivity index (χ1n) is 6.73. The molecule has 0 aliphatic heterocycles. The lowest BCUT2D eigenvalue weighted by molar-refractivity contribution is 0.136. The molecule has 0 aliphatic rings. The Morgan fingerprint density at radius 2 is 2.06 bits per heavy atom. The fourth-order valence-electron chi connectivity index (χ4n) is 1.96. The number of benzene rings is 1. The minimum Gasteiger partial charge on any atom is -0.387 e. The predicted octanol–water partition coefficient (Wildman–Crippen LogP) is 3.34. The molecule has 2 nitrogen and oxygen atoms in total. The number of nitrogens with one attached hydrogen (secondary N) is 1. The second-order valence-corrected chi connectivity index (χ2v) is 4.90. The summed E-state index contributed by atoms with van der Waals surface area (Å²) in [4.78, 5) is 0. The van der Waals surface area contributed by atoms with Crippen molar-refractivity contribution in [2.75, 3.05) is 6.54 Å². The van der Waals surface area contributed by atoms with Crippen molar-refractivity contribution in [2.24, 2.45) is 0 Å². The monoisotopic (exact) mass is 253 g/mol. The summed E-state index contributed by atoms with van der Waals surface area (Å²) in [5.41, 5.74) is 1.34. The van der Waals surface area contributed by atoms with Crippen LogP contribution in [0.3, 0.4) is 0 Å². The quantitative estimate of drug-likeness (QED) is 0.730. The van der Waals surface area contributed by atoms with Crippen molar-refractivity contribution in [3.63, 3.8) is 0 Å². The van der Waals surface area contributed by atoms with Crippen molar-refractivity contribution >= 4 is 0 Å². The van der Waals surface area contributed by atoms with Gasteiger partial charge < -0.3 is 10.4 Å². The Balaban J connectivity index is 2.51. The van der Waals surface area contributed by atoms with Gasteiger partial charge in [0, 0.05) is 6.04 Å². The van der Waals surface area contributed by atoms with E-state index in [-0.39, 0.29) is 11.9 Å². The summed E-state index contributed by atoms with van der Waals surface area (Å²) in [5, 5.41) is 13.5. The number of aliphatic hydroxyl groups is 1. The van der Waals surface area contributed by atoms with Gasteiger partial charge in [0.15, 0.2) is 0 Å². The van der Waals surface area contributed by atoms with Gasteiger partial charge in [0.25, 0.3) is 0 Å². The van der Waals surface area contributed by atoms with Gasteiger partial charge in [-0.05, 0) is 44.0 Å². The van der Waals surface area contributed by atoms with E-state index in [2.05, 4.69) is 12.2 Å². The van der Waals surface area contributed by atoms with Crippen LogP contribution < -0.4 is 5.32 Å². The van der Waals surface area contributed by atoms with Gasteiger partial charge in [0.05, 0.1) is 6.10 Å². The Bertz CT molecular complexity index is 368. The van der Waals surface area contributed by atoms with E-state index in [9.17, 15) is 9.50 Å². The molecule has 18 heavy (non-hydrogen) atoms. The van der Waals surface area contributed by atoms with Gasteiger partial charge in [-0.25, -0.2) is 4.39 Å². The number of aliphatic hydroxyl groups excluding tert-OH is 1. The van der Waals surface area contributed by atoms with Crippen LogP contribution in [-0.2, 0) is 0 Å². The summed E-state index contributed by atoms with van der Waals surface area (Å²) in [6.07, 6.45) is 2.92. The SMILES string of the molecule is CCCCCNC(C)C(O)c1ccc(F)c(C)c1. The molecule has 2 N–H and O–H groups in total. The smallest absolute Gasteiger partial charge is 0.126 e. The van der Waals surface area contributed by atoms with E-state index < -0.39 is 6.10 Å². The molecule has 0 spiro atoms. The summed E-state index contributed by atoms with van der Waals surface area (Å²) in [6, 6.07) is 4.76. The zero-order chi connectivity index (χ0) is 13.5. The zero-order valence-corrected chi connectivity index (χ0v) is 11.5. The molecule has 1 aromatic rings. The molecule has 2 unspecified atom stereocenters. The zero-order valence-electron chi connectivity index (χ0n) is 11.5. The van der Waals surface area contributed by atoms with Crippen molar-refractivity contribution in [2.45, 2.75) is 52.2 Å². The Morgan fingerprint density at radius 1 is 1.33 bits per heavy atom. The molecular weight excluding hydrogens is 229 g/mol. The van der Waals surface area contributed by atoms with Crippen molar-refractivity contribution in [1.82, 2.24) is 5.32 Å². The number of hydrogen-bond acceptors (Lipinski definition) is 2. The van der Waals surface area contributed by atoms with E-state index in [1.54, 1.807) is 19.1 Å². The largest absolute Gasteiger partial charge is 0.387 e. The standard InChI is InChI=1S/C15H24FNO/c1-4-5-6-9-17-12(3)15(18)13-7-8-14(16)11(2)10-13/h7-8,10,12,15,17-18H,4-6,9H2,1-3H3. The van der Waals surface area contributed by atoms with Gasteiger partial charge in [-0.2, -0.15) is 0 Å². The molecule has 0 aliphatic carbocycles. The minimum absolute atomic E-state index is 0.0216. The Labute approximate surface area is 109 Å². The highest BCUT2D eigenvalue weighted by molar-refractivity contribution is 5.26. The van der Waals surface area contributed by atoms with Crippen LogP contribution in [0.1, 0.15) is 50.3 Å². The minimum atomic E-state index is -0.592. The summed E-state index contributed by atoms with van der Waals surface area (Å²) in [7, 11) is 0. The molecule has 102 valence electrons. The van der Waals surface area contributed by atoms with Crippen molar-refractivity contribution in [3.05, 3.63) is 35.1 Å². The molecule has 0 fully saturated rings. The van der Waals surface area contributed by atoms with Crippen LogP contribution in [0.4, 0.5) is 4.39 Å². The summed E-state index contributed by atoms with van der Waals surface area (Å²) in [5.74, 6) is -0.227. The average Bonchev–Trinajstić information content (AvgIpc) is 2.37. The highest BCUT2D eigenvalue weighted by Gasteiger charge is 2.16. The molecule has 0 saturated heterocycles. The van der Waals surface area contributed by atoms with Gasteiger partial charge in [-0.15, -0.1) is 0 Å². The van der Waals surface area contributed by atoms with E-state index in [0.29, 0.717) is 5.56 Å². The number of unbranched alkanes of at least 4 members (excludes halogenated alkanes) is 2. The lowest BCUT2D eigenvalue weighted by Gasteiger charge is -2.21. The van der Waals surface area contributed by atoms with Gasteiger partial charge in [0.1, 0.15) is 5.82 Å². The molecule has 1 aromatic carbocycles. The molecular formula is C15H24FNO. The molecule has 1 rings (SSSR count). The molecule has 3 heteroatoms. The number of aryl methyl sites for hydroxylation is 1. The molecule has 0 radical (unpaired) electrons. The highest BCUT2D eigenvalue weighted by atomic mass is 19.1. The van der Waals surface area contributed by atoms with Crippen molar-refractivity contribution in [3.8, 4) is 0 Å². The molecule has 0 saturated carbocycles. The molecule has 0 bridgehead atoms. The lowest BCUT2D eigenvalue weighted by atomic mass is 10.0. The van der Waals surface area contributed by atoms with Crippen molar-refractivity contribution < 1.29 is 9.50 Å². The molecule has 0 aromatic heterocycles. The maximum absolute atomic E-state index is 13.2. The maximum atomic E-state index is 13.2. The second-order valence-electron chi connectivity index (χ2n) is 4.90. The molecule has 0 amide bonds. The third-order valence-corrected chi connectivity index (χ3v) is 3.24. The van der Waals surface area contributed by atoms with Crippen LogP contribution in [0.25, 0.3) is 0 Å².